The minimum absolute atomic E-state index is 0.0184. The van der Waals surface area contributed by atoms with Gasteiger partial charge in [-0.1, -0.05) is 12.1 Å². The number of aliphatic hydroxyl groups excluding tert-OH is 1. The number of nitrogens with zero attached hydrogens (tertiary/aromatic N) is 1. The first kappa shape index (κ1) is 11.1. The summed E-state index contributed by atoms with van der Waals surface area (Å²) in [6, 6.07) is 5.52. The van der Waals surface area contributed by atoms with Crippen molar-refractivity contribution in [1.82, 2.24) is 0 Å². The van der Waals surface area contributed by atoms with Crippen LogP contribution in [0.1, 0.15) is 18.1 Å². The Hall–Kier alpha value is -1.95. The van der Waals surface area contributed by atoms with Crippen molar-refractivity contribution in [2.45, 2.75) is 12.5 Å². The van der Waals surface area contributed by atoms with E-state index in [2.05, 4.69) is 0 Å². The smallest absolute Gasteiger partial charge is 0.306 e. The summed E-state index contributed by atoms with van der Waals surface area (Å²) in [4.78, 5) is 20.2. The molecule has 0 radical (unpaired) electrons. The van der Waals surface area contributed by atoms with Crippen LogP contribution in [0.3, 0.4) is 0 Å². The Morgan fingerprint density at radius 2 is 2.07 bits per heavy atom. The molecular formula is C9H9NO5. The second-order valence-corrected chi connectivity index (χ2v) is 2.93. The normalized spacial score (nSPS) is 12.1. The first-order valence-corrected chi connectivity index (χ1v) is 4.15. The number of nitro benzene ring substituents is 1. The van der Waals surface area contributed by atoms with Gasteiger partial charge in [-0.05, 0) is 6.07 Å². The fourth-order valence-corrected chi connectivity index (χ4v) is 1.21. The van der Waals surface area contributed by atoms with E-state index in [0.29, 0.717) is 0 Å². The van der Waals surface area contributed by atoms with Crippen LogP contribution < -0.4 is 0 Å². The number of hydrogen-bond donors (Lipinski definition) is 2. The van der Waals surface area contributed by atoms with E-state index in [4.69, 9.17) is 5.11 Å². The average molecular weight is 211 g/mol. The summed E-state index contributed by atoms with van der Waals surface area (Å²) >= 11 is 0. The van der Waals surface area contributed by atoms with Crippen LogP contribution in [-0.2, 0) is 4.79 Å². The van der Waals surface area contributed by atoms with E-state index in [0.717, 1.165) is 0 Å². The molecule has 0 amide bonds. The Balaban J connectivity index is 3.02. The van der Waals surface area contributed by atoms with Gasteiger partial charge in [0.2, 0.25) is 0 Å². The first-order valence-electron chi connectivity index (χ1n) is 4.15. The zero-order chi connectivity index (χ0) is 11.4. The Morgan fingerprint density at radius 3 is 2.60 bits per heavy atom. The van der Waals surface area contributed by atoms with E-state index in [9.17, 15) is 20.0 Å². The van der Waals surface area contributed by atoms with Crippen molar-refractivity contribution in [3.05, 3.63) is 39.9 Å². The summed E-state index contributed by atoms with van der Waals surface area (Å²) in [5, 5.41) is 28.4. The molecule has 6 nitrogen and oxygen atoms in total. The van der Waals surface area contributed by atoms with Crippen molar-refractivity contribution in [2.75, 3.05) is 0 Å². The SMILES string of the molecule is O=C(O)CC(O)c1ccccc1[N+](=O)[O-]. The summed E-state index contributed by atoms with van der Waals surface area (Å²) in [7, 11) is 0. The number of para-hydroxylation sites is 1. The Kier molecular flexibility index (Phi) is 3.35. The van der Waals surface area contributed by atoms with Crippen molar-refractivity contribution in [3.63, 3.8) is 0 Å². The topological polar surface area (TPSA) is 101 Å². The number of benzene rings is 1. The number of aliphatic hydroxyl groups is 1. The second kappa shape index (κ2) is 4.52. The van der Waals surface area contributed by atoms with E-state index in [1.54, 1.807) is 0 Å². The van der Waals surface area contributed by atoms with Gasteiger partial charge in [-0.3, -0.25) is 14.9 Å². The van der Waals surface area contributed by atoms with Crippen molar-refractivity contribution in [2.24, 2.45) is 0 Å². The standard InChI is InChI=1S/C9H9NO5/c11-8(5-9(12)13)6-3-1-2-4-7(6)10(14)15/h1-4,8,11H,5H2,(H,12,13). The lowest BCUT2D eigenvalue weighted by Gasteiger charge is -2.07. The maximum Gasteiger partial charge on any atom is 0.306 e. The monoisotopic (exact) mass is 211 g/mol. The van der Waals surface area contributed by atoms with Gasteiger partial charge in [-0.15, -0.1) is 0 Å². The van der Waals surface area contributed by atoms with Gasteiger partial charge in [-0.2, -0.15) is 0 Å². The lowest BCUT2D eigenvalue weighted by molar-refractivity contribution is -0.386. The lowest BCUT2D eigenvalue weighted by Crippen LogP contribution is -2.07. The molecule has 0 bridgehead atoms. The molecule has 1 rings (SSSR count). The highest BCUT2D eigenvalue weighted by atomic mass is 16.6. The quantitative estimate of drug-likeness (QED) is 0.573. The molecule has 80 valence electrons. The third kappa shape index (κ3) is 2.75. The minimum atomic E-state index is -1.36. The number of carboxylic acid groups (broad SMARTS) is 1. The molecular weight excluding hydrogens is 202 g/mol. The zero-order valence-electron chi connectivity index (χ0n) is 7.66. The predicted molar refractivity (Wildman–Crippen MR) is 50.3 cm³/mol. The molecule has 1 unspecified atom stereocenters. The van der Waals surface area contributed by atoms with Crippen molar-refractivity contribution >= 4 is 11.7 Å². The largest absolute Gasteiger partial charge is 0.481 e. The maximum atomic E-state index is 10.6. The number of rotatable bonds is 4. The number of carbonyl (C=O) groups is 1. The van der Waals surface area contributed by atoms with Gasteiger partial charge in [0.1, 0.15) is 0 Å². The molecule has 0 aliphatic heterocycles. The highest BCUT2D eigenvalue weighted by molar-refractivity contribution is 5.68. The molecule has 1 aromatic carbocycles. The Bertz CT molecular complexity index is 390. The van der Waals surface area contributed by atoms with Crippen molar-refractivity contribution in [1.29, 1.82) is 0 Å². The molecule has 0 fully saturated rings. The summed E-state index contributed by atoms with van der Waals surface area (Å²) in [6.07, 6.45) is -1.91. The van der Waals surface area contributed by atoms with Crippen LogP contribution in [0.2, 0.25) is 0 Å². The van der Waals surface area contributed by atoms with Crippen LogP contribution in [0.25, 0.3) is 0 Å². The third-order valence-electron chi connectivity index (χ3n) is 1.86. The van der Waals surface area contributed by atoms with E-state index in [1.807, 2.05) is 0 Å². The molecule has 0 aliphatic carbocycles. The van der Waals surface area contributed by atoms with E-state index < -0.39 is 23.4 Å². The highest BCUT2D eigenvalue weighted by Crippen LogP contribution is 2.26. The van der Waals surface area contributed by atoms with Crippen LogP contribution >= 0.6 is 0 Å². The fourth-order valence-electron chi connectivity index (χ4n) is 1.21. The minimum Gasteiger partial charge on any atom is -0.481 e. The molecule has 1 atom stereocenters. The van der Waals surface area contributed by atoms with Gasteiger partial charge in [0.15, 0.2) is 0 Å². The molecule has 15 heavy (non-hydrogen) atoms. The van der Waals surface area contributed by atoms with Gasteiger partial charge in [0, 0.05) is 6.07 Å². The second-order valence-electron chi connectivity index (χ2n) is 2.93. The maximum absolute atomic E-state index is 10.6. The molecule has 0 spiro atoms. The number of carboxylic acids is 1. The van der Waals surface area contributed by atoms with Gasteiger partial charge < -0.3 is 10.2 Å². The average Bonchev–Trinajstić information content (AvgIpc) is 2.16. The van der Waals surface area contributed by atoms with Crippen LogP contribution in [0.5, 0.6) is 0 Å². The van der Waals surface area contributed by atoms with E-state index >= 15 is 0 Å². The van der Waals surface area contributed by atoms with E-state index in [-0.39, 0.29) is 11.3 Å². The van der Waals surface area contributed by atoms with Crippen LogP contribution in [0.4, 0.5) is 5.69 Å². The fraction of sp³-hybridized carbons (Fsp3) is 0.222. The van der Waals surface area contributed by atoms with Crippen LogP contribution in [0, 0.1) is 10.1 Å². The van der Waals surface area contributed by atoms with Gasteiger partial charge >= 0.3 is 5.97 Å². The Labute approximate surface area is 84.9 Å². The summed E-state index contributed by atoms with van der Waals surface area (Å²) in [5.41, 5.74) is -0.254. The Morgan fingerprint density at radius 1 is 1.47 bits per heavy atom. The number of hydrogen-bond acceptors (Lipinski definition) is 4. The van der Waals surface area contributed by atoms with Crippen LogP contribution in [0.15, 0.2) is 24.3 Å². The molecule has 1 aromatic rings. The number of nitro groups is 1. The summed E-state index contributed by atoms with van der Waals surface area (Å²) in [6.45, 7) is 0. The molecule has 0 saturated heterocycles. The van der Waals surface area contributed by atoms with Gasteiger partial charge in [-0.25, -0.2) is 0 Å². The molecule has 2 N–H and O–H groups in total. The van der Waals surface area contributed by atoms with Crippen molar-refractivity contribution < 1.29 is 19.9 Å². The molecule has 0 aromatic heterocycles. The summed E-state index contributed by atoms with van der Waals surface area (Å²) < 4.78 is 0. The third-order valence-corrected chi connectivity index (χ3v) is 1.86. The zero-order valence-corrected chi connectivity index (χ0v) is 7.66. The van der Waals surface area contributed by atoms with Crippen molar-refractivity contribution in [3.8, 4) is 0 Å². The highest BCUT2D eigenvalue weighted by Gasteiger charge is 2.21. The first-order chi connectivity index (χ1) is 7.02. The molecule has 0 heterocycles. The molecule has 0 aliphatic rings. The van der Waals surface area contributed by atoms with Gasteiger partial charge in [0.05, 0.1) is 23.0 Å². The lowest BCUT2D eigenvalue weighted by atomic mass is 10.0. The summed E-state index contributed by atoms with van der Waals surface area (Å²) in [5.74, 6) is -1.21. The predicted octanol–water partition coefficient (Wildman–Crippen LogP) is 1.10. The van der Waals surface area contributed by atoms with Crippen LogP contribution in [-0.4, -0.2) is 21.1 Å². The number of aliphatic carboxylic acids is 1. The molecule has 6 heteroatoms. The van der Waals surface area contributed by atoms with Gasteiger partial charge in [0.25, 0.3) is 5.69 Å². The molecule has 0 saturated carbocycles. The van der Waals surface area contributed by atoms with E-state index in [1.165, 1.54) is 24.3 Å².